The maximum Gasteiger partial charge on any atom is 0.00216 e. The molecule has 0 unspecified atom stereocenters. The average Bonchev–Trinajstić information content (AvgIpc) is 2.14. The van der Waals surface area contributed by atoms with E-state index in [2.05, 4.69) is 42.3 Å². The molecular formula is C14H19N. The maximum absolute atomic E-state index is 2.43. The highest BCUT2D eigenvalue weighted by molar-refractivity contribution is 5.22. The number of nitrogens with zero attached hydrogens (tertiary/aromatic N) is 1. The molecule has 1 saturated carbocycles. The highest BCUT2D eigenvalue weighted by atomic mass is 15.2. The minimum atomic E-state index is 0.863. The summed E-state index contributed by atoms with van der Waals surface area (Å²) in [5.74, 6) is 2.89. The summed E-state index contributed by atoms with van der Waals surface area (Å²) in [6.45, 7) is 2.68. The molecule has 0 N–H and O–H groups in total. The molecule has 80 valence electrons. The molecule has 3 rings (SSSR count). The minimum Gasteiger partial charge on any atom is -0.306 e. The van der Waals surface area contributed by atoms with Crippen molar-refractivity contribution >= 4 is 0 Å². The van der Waals surface area contributed by atoms with E-state index in [1.807, 2.05) is 0 Å². The van der Waals surface area contributed by atoms with Gasteiger partial charge in [0.05, 0.1) is 0 Å². The zero-order valence-corrected chi connectivity index (χ0v) is 9.39. The molecular weight excluding hydrogens is 182 g/mol. The van der Waals surface area contributed by atoms with Crippen molar-refractivity contribution in [3.63, 3.8) is 0 Å². The van der Waals surface area contributed by atoms with Crippen molar-refractivity contribution in [1.82, 2.24) is 4.90 Å². The van der Waals surface area contributed by atoms with Gasteiger partial charge in [0.25, 0.3) is 0 Å². The second-order valence-corrected chi connectivity index (χ2v) is 5.32. The zero-order chi connectivity index (χ0) is 10.3. The molecule has 0 radical (unpaired) electrons. The van der Waals surface area contributed by atoms with Crippen LogP contribution < -0.4 is 0 Å². The lowest BCUT2D eigenvalue weighted by molar-refractivity contribution is 0.0358. The van der Waals surface area contributed by atoms with Crippen LogP contribution in [-0.2, 0) is 0 Å². The first-order valence-corrected chi connectivity index (χ1v) is 6.06. The molecule has 0 bridgehead atoms. The van der Waals surface area contributed by atoms with E-state index in [1.165, 1.54) is 25.9 Å². The van der Waals surface area contributed by atoms with E-state index in [0.29, 0.717) is 0 Å². The van der Waals surface area contributed by atoms with Gasteiger partial charge in [-0.1, -0.05) is 30.3 Å². The Morgan fingerprint density at radius 2 is 1.67 bits per heavy atom. The van der Waals surface area contributed by atoms with Gasteiger partial charge < -0.3 is 4.90 Å². The lowest BCUT2D eigenvalue weighted by atomic mass is 9.64. The summed E-state index contributed by atoms with van der Waals surface area (Å²) in [5.41, 5.74) is 1.56. The Balaban J connectivity index is 1.54. The highest BCUT2D eigenvalue weighted by Crippen LogP contribution is 2.47. The van der Waals surface area contributed by atoms with E-state index in [0.717, 1.165) is 17.8 Å². The molecule has 1 aromatic rings. The second-order valence-electron chi connectivity index (χ2n) is 5.32. The summed E-state index contributed by atoms with van der Waals surface area (Å²) in [6, 6.07) is 11.0. The fraction of sp³-hybridized carbons (Fsp3) is 0.571. The largest absolute Gasteiger partial charge is 0.306 e. The van der Waals surface area contributed by atoms with E-state index < -0.39 is 0 Å². The van der Waals surface area contributed by atoms with Gasteiger partial charge in [-0.15, -0.1) is 0 Å². The van der Waals surface area contributed by atoms with Crippen LogP contribution in [0.1, 0.15) is 24.3 Å². The number of likely N-dealkylation sites (tertiary alicyclic amines) is 1. The molecule has 0 aromatic heterocycles. The molecule has 1 aliphatic carbocycles. The lowest BCUT2D eigenvalue weighted by Crippen LogP contribution is -2.50. The Kier molecular flexibility index (Phi) is 2.28. The first-order chi connectivity index (χ1) is 7.33. The first kappa shape index (κ1) is 9.41. The molecule has 1 nitrogen and oxygen atoms in total. The van der Waals surface area contributed by atoms with E-state index in [-0.39, 0.29) is 0 Å². The zero-order valence-electron chi connectivity index (χ0n) is 9.39. The highest BCUT2D eigenvalue weighted by Gasteiger charge is 2.39. The van der Waals surface area contributed by atoms with Gasteiger partial charge >= 0.3 is 0 Å². The maximum atomic E-state index is 2.43. The van der Waals surface area contributed by atoms with Crippen LogP contribution in [0, 0.1) is 11.8 Å². The van der Waals surface area contributed by atoms with E-state index in [9.17, 15) is 0 Å². The van der Waals surface area contributed by atoms with Crippen LogP contribution in [0.25, 0.3) is 0 Å². The third-order valence-corrected chi connectivity index (χ3v) is 4.20. The molecule has 0 atom stereocenters. The van der Waals surface area contributed by atoms with Crippen LogP contribution in [0.15, 0.2) is 30.3 Å². The predicted molar refractivity (Wildman–Crippen MR) is 62.9 cm³/mol. The Morgan fingerprint density at radius 1 is 1.00 bits per heavy atom. The van der Waals surface area contributed by atoms with Crippen molar-refractivity contribution < 1.29 is 0 Å². The van der Waals surface area contributed by atoms with Crippen LogP contribution >= 0.6 is 0 Å². The van der Waals surface area contributed by atoms with Crippen molar-refractivity contribution in [2.75, 3.05) is 20.1 Å². The Morgan fingerprint density at radius 3 is 2.27 bits per heavy atom. The number of rotatable bonds is 2. The Hall–Kier alpha value is -0.820. The van der Waals surface area contributed by atoms with E-state index in [4.69, 9.17) is 0 Å². The fourth-order valence-electron chi connectivity index (χ4n) is 3.09. The Bertz CT molecular complexity index is 320. The van der Waals surface area contributed by atoms with Gasteiger partial charge in [-0.25, -0.2) is 0 Å². The van der Waals surface area contributed by atoms with Gasteiger partial charge in [-0.2, -0.15) is 0 Å². The summed E-state index contributed by atoms with van der Waals surface area (Å²) >= 11 is 0. The molecule has 0 spiro atoms. The van der Waals surface area contributed by atoms with Crippen LogP contribution in [0.2, 0.25) is 0 Å². The first-order valence-electron chi connectivity index (χ1n) is 6.06. The molecule has 0 amide bonds. The smallest absolute Gasteiger partial charge is 0.00216 e. The SMILES string of the molecule is CN1CC(C2CC(c3ccccc3)C2)C1. The summed E-state index contributed by atoms with van der Waals surface area (Å²) in [4.78, 5) is 2.43. The lowest BCUT2D eigenvalue weighted by Gasteiger charge is -2.48. The van der Waals surface area contributed by atoms with Crippen molar-refractivity contribution in [3.8, 4) is 0 Å². The number of benzene rings is 1. The van der Waals surface area contributed by atoms with E-state index >= 15 is 0 Å². The fourth-order valence-corrected chi connectivity index (χ4v) is 3.09. The van der Waals surface area contributed by atoms with Crippen LogP contribution in [-0.4, -0.2) is 25.0 Å². The van der Waals surface area contributed by atoms with Gasteiger partial charge in [0, 0.05) is 13.1 Å². The summed E-state index contributed by atoms with van der Waals surface area (Å²) < 4.78 is 0. The Labute approximate surface area is 92.1 Å². The predicted octanol–water partition coefficient (Wildman–Crippen LogP) is 2.74. The van der Waals surface area contributed by atoms with Crippen molar-refractivity contribution in [1.29, 1.82) is 0 Å². The van der Waals surface area contributed by atoms with Gasteiger partial charge in [-0.3, -0.25) is 0 Å². The minimum absolute atomic E-state index is 0.863. The molecule has 2 fully saturated rings. The third-order valence-electron chi connectivity index (χ3n) is 4.20. The van der Waals surface area contributed by atoms with Crippen molar-refractivity contribution in [2.24, 2.45) is 11.8 Å². The monoisotopic (exact) mass is 201 g/mol. The molecule has 15 heavy (non-hydrogen) atoms. The molecule has 1 aromatic carbocycles. The molecule has 1 aliphatic heterocycles. The quantitative estimate of drug-likeness (QED) is 0.711. The molecule has 1 heterocycles. The van der Waals surface area contributed by atoms with Crippen LogP contribution in [0.5, 0.6) is 0 Å². The van der Waals surface area contributed by atoms with Gasteiger partial charge in [0.15, 0.2) is 0 Å². The van der Waals surface area contributed by atoms with Gasteiger partial charge in [0.2, 0.25) is 0 Å². The average molecular weight is 201 g/mol. The third kappa shape index (κ3) is 1.69. The van der Waals surface area contributed by atoms with Gasteiger partial charge in [0.1, 0.15) is 0 Å². The summed E-state index contributed by atoms with van der Waals surface area (Å²) in [7, 11) is 2.23. The number of hydrogen-bond acceptors (Lipinski definition) is 1. The topological polar surface area (TPSA) is 3.24 Å². The van der Waals surface area contributed by atoms with Crippen molar-refractivity contribution in [3.05, 3.63) is 35.9 Å². The summed E-state index contributed by atoms with van der Waals surface area (Å²) in [5, 5.41) is 0. The summed E-state index contributed by atoms with van der Waals surface area (Å²) in [6.07, 6.45) is 2.87. The van der Waals surface area contributed by atoms with Gasteiger partial charge in [-0.05, 0) is 43.2 Å². The molecule has 2 aliphatic rings. The van der Waals surface area contributed by atoms with Crippen LogP contribution in [0.3, 0.4) is 0 Å². The second kappa shape index (κ2) is 3.64. The number of hydrogen-bond donors (Lipinski definition) is 0. The van der Waals surface area contributed by atoms with E-state index in [1.54, 1.807) is 5.56 Å². The molecule has 1 saturated heterocycles. The van der Waals surface area contributed by atoms with Crippen molar-refractivity contribution in [2.45, 2.75) is 18.8 Å². The normalized spacial score (nSPS) is 32.1. The van der Waals surface area contributed by atoms with Crippen LogP contribution in [0.4, 0.5) is 0 Å². The molecule has 1 heteroatoms. The standard InChI is InChI=1S/C14H19N/c1-15-9-14(10-15)13-7-12(8-13)11-5-3-2-4-6-11/h2-6,12-14H,7-10H2,1H3.